The lowest BCUT2D eigenvalue weighted by Gasteiger charge is -2.03. The fraction of sp³-hybridized carbons (Fsp3) is 0.400. The Morgan fingerprint density at radius 3 is 2.92 bits per heavy atom. The second kappa shape index (κ2) is 4.46. The number of nitriles is 1. The Morgan fingerprint density at radius 2 is 2.38 bits per heavy atom. The van der Waals surface area contributed by atoms with E-state index in [1.807, 2.05) is 0 Å². The van der Waals surface area contributed by atoms with Crippen LogP contribution in [0.2, 0.25) is 0 Å². The Balaban J connectivity index is 3.00. The van der Waals surface area contributed by atoms with Gasteiger partial charge in [0, 0.05) is 5.69 Å². The molecule has 1 rings (SSSR count). The quantitative estimate of drug-likeness (QED) is 0.706. The van der Waals surface area contributed by atoms with E-state index in [2.05, 4.69) is 18.0 Å². The van der Waals surface area contributed by atoms with Gasteiger partial charge in [0.2, 0.25) is 0 Å². The Hall–Kier alpha value is -1.56. The van der Waals surface area contributed by atoms with Crippen molar-refractivity contribution in [3.05, 3.63) is 23.5 Å². The molecule has 68 valence electrons. The second-order valence-electron chi connectivity index (χ2n) is 2.74. The molecule has 0 fully saturated rings. The molecule has 13 heavy (non-hydrogen) atoms. The van der Waals surface area contributed by atoms with Gasteiger partial charge in [0.25, 0.3) is 0 Å². The SMILES string of the molecule is CCCc1cc(C#N)c(OC)cn1. The first-order chi connectivity index (χ1) is 6.31. The molecular formula is C10H12N2O. The van der Waals surface area contributed by atoms with E-state index in [1.165, 1.54) is 7.11 Å². The van der Waals surface area contributed by atoms with Crippen molar-refractivity contribution in [2.24, 2.45) is 0 Å². The van der Waals surface area contributed by atoms with E-state index < -0.39 is 0 Å². The molecule has 0 saturated heterocycles. The summed E-state index contributed by atoms with van der Waals surface area (Å²) in [6, 6.07) is 3.86. The van der Waals surface area contributed by atoms with Crippen LogP contribution in [0.3, 0.4) is 0 Å². The molecule has 0 aliphatic heterocycles. The van der Waals surface area contributed by atoms with E-state index in [-0.39, 0.29) is 0 Å². The van der Waals surface area contributed by atoms with Crippen molar-refractivity contribution in [1.82, 2.24) is 4.98 Å². The van der Waals surface area contributed by atoms with Gasteiger partial charge in [-0.15, -0.1) is 0 Å². The Labute approximate surface area is 78.0 Å². The second-order valence-corrected chi connectivity index (χ2v) is 2.74. The first-order valence-electron chi connectivity index (χ1n) is 4.24. The average molecular weight is 176 g/mol. The highest BCUT2D eigenvalue weighted by molar-refractivity contribution is 5.42. The maximum Gasteiger partial charge on any atom is 0.154 e. The van der Waals surface area contributed by atoms with Gasteiger partial charge in [-0.1, -0.05) is 13.3 Å². The average Bonchev–Trinajstić information content (AvgIpc) is 2.18. The van der Waals surface area contributed by atoms with Crippen LogP contribution in [-0.4, -0.2) is 12.1 Å². The van der Waals surface area contributed by atoms with E-state index in [9.17, 15) is 0 Å². The van der Waals surface area contributed by atoms with E-state index in [0.29, 0.717) is 11.3 Å². The molecule has 0 unspecified atom stereocenters. The normalized spacial score (nSPS) is 9.31. The van der Waals surface area contributed by atoms with E-state index in [4.69, 9.17) is 10.00 Å². The summed E-state index contributed by atoms with van der Waals surface area (Å²) in [6.45, 7) is 2.08. The minimum atomic E-state index is 0.544. The van der Waals surface area contributed by atoms with Gasteiger partial charge >= 0.3 is 0 Å². The van der Waals surface area contributed by atoms with Crippen LogP contribution in [0.15, 0.2) is 12.3 Å². The molecule has 0 radical (unpaired) electrons. The minimum Gasteiger partial charge on any atom is -0.494 e. The van der Waals surface area contributed by atoms with Gasteiger partial charge in [-0.05, 0) is 12.5 Å². The molecule has 0 N–H and O–H groups in total. The molecule has 0 aliphatic carbocycles. The number of nitrogens with zero attached hydrogens (tertiary/aromatic N) is 2. The van der Waals surface area contributed by atoms with Crippen LogP contribution >= 0.6 is 0 Å². The van der Waals surface area contributed by atoms with Crippen molar-refractivity contribution in [2.75, 3.05) is 7.11 Å². The van der Waals surface area contributed by atoms with Gasteiger partial charge in [0.1, 0.15) is 6.07 Å². The predicted octanol–water partition coefficient (Wildman–Crippen LogP) is 1.91. The Kier molecular flexibility index (Phi) is 3.27. The van der Waals surface area contributed by atoms with Crippen molar-refractivity contribution in [3.8, 4) is 11.8 Å². The van der Waals surface area contributed by atoms with E-state index in [0.717, 1.165) is 18.5 Å². The van der Waals surface area contributed by atoms with Crippen LogP contribution in [0.1, 0.15) is 24.6 Å². The number of hydrogen-bond acceptors (Lipinski definition) is 3. The van der Waals surface area contributed by atoms with Crippen LogP contribution in [0.5, 0.6) is 5.75 Å². The highest BCUT2D eigenvalue weighted by Gasteiger charge is 2.03. The summed E-state index contributed by atoms with van der Waals surface area (Å²) in [5.74, 6) is 0.544. The van der Waals surface area contributed by atoms with Gasteiger partial charge in [-0.2, -0.15) is 5.26 Å². The topological polar surface area (TPSA) is 45.9 Å². The lowest BCUT2D eigenvalue weighted by molar-refractivity contribution is 0.411. The Bertz CT molecular complexity index is 328. The van der Waals surface area contributed by atoms with Crippen molar-refractivity contribution in [1.29, 1.82) is 5.26 Å². The maximum atomic E-state index is 8.78. The van der Waals surface area contributed by atoms with Crippen molar-refractivity contribution < 1.29 is 4.74 Å². The first-order valence-corrected chi connectivity index (χ1v) is 4.24. The zero-order valence-corrected chi connectivity index (χ0v) is 7.87. The Morgan fingerprint density at radius 1 is 1.62 bits per heavy atom. The van der Waals surface area contributed by atoms with Gasteiger partial charge < -0.3 is 4.74 Å². The highest BCUT2D eigenvalue weighted by atomic mass is 16.5. The summed E-state index contributed by atoms with van der Waals surface area (Å²) < 4.78 is 4.98. The molecule has 0 aromatic carbocycles. The molecule has 0 aliphatic rings. The van der Waals surface area contributed by atoms with Gasteiger partial charge in [0.05, 0.1) is 18.9 Å². The standard InChI is InChI=1S/C10H12N2O/c1-3-4-9-5-8(6-11)10(13-2)7-12-9/h5,7H,3-4H2,1-2H3. The molecule has 0 saturated carbocycles. The number of rotatable bonds is 3. The van der Waals surface area contributed by atoms with Crippen LogP contribution < -0.4 is 4.74 Å². The third kappa shape index (κ3) is 2.19. The predicted molar refractivity (Wildman–Crippen MR) is 49.5 cm³/mol. The molecule has 0 bridgehead atoms. The summed E-state index contributed by atoms with van der Waals surface area (Å²) >= 11 is 0. The summed E-state index contributed by atoms with van der Waals surface area (Å²) in [5.41, 5.74) is 1.50. The van der Waals surface area contributed by atoms with Crippen molar-refractivity contribution in [3.63, 3.8) is 0 Å². The third-order valence-corrected chi connectivity index (χ3v) is 1.77. The van der Waals surface area contributed by atoms with E-state index in [1.54, 1.807) is 12.3 Å². The summed E-state index contributed by atoms with van der Waals surface area (Å²) in [4.78, 5) is 4.17. The fourth-order valence-electron chi connectivity index (χ4n) is 1.13. The smallest absolute Gasteiger partial charge is 0.154 e. The van der Waals surface area contributed by atoms with Crippen molar-refractivity contribution in [2.45, 2.75) is 19.8 Å². The molecule has 0 amide bonds. The first kappa shape index (κ1) is 9.53. The fourth-order valence-corrected chi connectivity index (χ4v) is 1.13. The van der Waals surface area contributed by atoms with Crippen LogP contribution in [-0.2, 0) is 6.42 Å². The summed E-state index contributed by atoms with van der Waals surface area (Å²) in [5, 5.41) is 8.78. The highest BCUT2D eigenvalue weighted by Crippen LogP contribution is 2.16. The molecule has 0 spiro atoms. The lowest BCUT2D eigenvalue weighted by Crippen LogP contribution is -1.94. The number of ether oxygens (including phenoxy) is 1. The molecule has 1 aromatic heterocycles. The van der Waals surface area contributed by atoms with Crippen LogP contribution in [0.25, 0.3) is 0 Å². The third-order valence-electron chi connectivity index (χ3n) is 1.77. The summed E-state index contributed by atoms with van der Waals surface area (Å²) in [6.07, 6.45) is 3.53. The minimum absolute atomic E-state index is 0.544. The van der Waals surface area contributed by atoms with E-state index >= 15 is 0 Å². The number of aryl methyl sites for hydroxylation is 1. The zero-order chi connectivity index (χ0) is 9.68. The van der Waals surface area contributed by atoms with Crippen molar-refractivity contribution >= 4 is 0 Å². The molecule has 1 aromatic rings. The number of hydrogen-bond donors (Lipinski definition) is 0. The lowest BCUT2D eigenvalue weighted by atomic mass is 10.2. The summed E-state index contributed by atoms with van der Waals surface area (Å²) in [7, 11) is 1.54. The molecule has 0 atom stereocenters. The van der Waals surface area contributed by atoms with Gasteiger partial charge in [0.15, 0.2) is 5.75 Å². The maximum absolute atomic E-state index is 8.78. The molecule has 3 nitrogen and oxygen atoms in total. The molecule has 3 heteroatoms. The van der Waals surface area contributed by atoms with Crippen LogP contribution in [0, 0.1) is 11.3 Å². The number of methoxy groups -OCH3 is 1. The van der Waals surface area contributed by atoms with Gasteiger partial charge in [-0.25, -0.2) is 0 Å². The monoisotopic (exact) mass is 176 g/mol. The largest absolute Gasteiger partial charge is 0.494 e. The number of aromatic nitrogens is 1. The number of pyridine rings is 1. The molecule has 1 heterocycles. The zero-order valence-electron chi connectivity index (χ0n) is 7.87. The van der Waals surface area contributed by atoms with Gasteiger partial charge in [-0.3, -0.25) is 4.98 Å². The molecular weight excluding hydrogens is 164 g/mol. The van der Waals surface area contributed by atoms with Crippen LogP contribution in [0.4, 0.5) is 0 Å².